The minimum absolute atomic E-state index is 0.0967. The Hall–Kier alpha value is 0.260. The summed E-state index contributed by atoms with van der Waals surface area (Å²) in [7, 11) is 1.50. The monoisotopic (exact) mass is 358 g/mol. The SMILES string of the molecule is COc1c(O)cc(Br)c(Br)c1Br. The van der Waals surface area contributed by atoms with Crippen LogP contribution in [0.4, 0.5) is 0 Å². The summed E-state index contributed by atoms with van der Waals surface area (Å²) >= 11 is 9.87. The number of hydrogen-bond acceptors (Lipinski definition) is 2. The van der Waals surface area contributed by atoms with Crippen LogP contribution in [0, 0.1) is 0 Å². The van der Waals surface area contributed by atoms with Crippen LogP contribution in [0.3, 0.4) is 0 Å². The van der Waals surface area contributed by atoms with Crippen LogP contribution in [-0.4, -0.2) is 12.2 Å². The largest absolute Gasteiger partial charge is 0.504 e. The van der Waals surface area contributed by atoms with Crippen LogP contribution in [-0.2, 0) is 0 Å². The third-order valence-corrected chi connectivity index (χ3v) is 4.57. The number of benzene rings is 1. The molecule has 0 saturated carbocycles. The van der Waals surface area contributed by atoms with Crippen molar-refractivity contribution in [1.29, 1.82) is 0 Å². The molecule has 1 N–H and O–H groups in total. The van der Waals surface area contributed by atoms with E-state index in [0.717, 1.165) is 8.95 Å². The van der Waals surface area contributed by atoms with Gasteiger partial charge in [0, 0.05) is 8.95 Å². The Bertz CT molecular complexity index is 312. The Morgan fingerprint density at radius 1 is 1.25 bits per heavy atom. The molecule has 66 valence electrons. The van der Waals surface area contributed by atoms with Crippen molar-refractivity contribution in [1.82, 2.24) is 0 Å². The average Bonchev–Trinajstić information content (AvgIpc) is 2.01. The number of aromatic hydroxyl groups is 1. The van der Waals surface area contributed by atoms with E-state index in [1.807, 2.05) is 0 Å². The maximum Gasteiger partial charge on any atom is 0.175 e. The second kappa shape index (κ2) is 3.98. The van der Waals surface area contributed by atoms with Crippen LogP contribution in [0.25, 0.3) is 0 Å². The second-order valence-electron chi connectivity index (χ2n) is 2.04. The molecule has 0 bridgehead atoms. The summed E-state index contributed by atoms with van der Waals surface area (Å²) in [6.45, 7) is 0. The van der Waals surface area contributed by atoms with E-state index in [2.05, 4.69) is 47.8 Å². The van der Waals surface area contributed by atoms with E-state index in [-0.39, 0.29) is 5.75 Å². The summed E-state index contributed by atoms with van der Waals surface area (Å²) in [5, 5.41) is 9.39. The first-order valence-corrected chi connectivity index (χ1v) is 5.36. The zero-order valence-corrected chi connectivity index (χ0v) is 10.8. The molecule has 0 unspecified atom stereocenters. The van der Waals surface area contributed by atoms with E-state index in [1.54, 1.807) is 6.07 Å². The molecule has 0 aliphatic heterocycles. The summed E-state index contributed by atoms with van der Waals surface area (Å²) in [6.07, 6.45) is 0. The molecular weight excluding hydrogens is 356 g/mol. The quantitative estimate of drug-likeness (QED) is 0.774. The minimum atomic E-state index is 0.0967. The Balaban J connectivity index is 3.40. The lowest BCUT2D eigenvalue weighted by Crippen LogP contribution is -1.86. The normalized spacial score (nSPS) is 10.0. The molecule has 0 amide bonds. The van der Waals surface area contributed by atoms with Crippen molar-refractivity contribution >= 4 is 47.8 Å². The van der Waals surface area contributed by atoms with E-state index < -0.39 is 0 Å². The first-order chi connectivity index (χ1) is 5.57. The number of phenolic OH excluding ortho intramolecular Hbond substituents is 1. The van der Waals surface area contributed by atoms with Crippen LogP contribution >= 0.6 is 47.8 Å². The van der Waals surface area contributed by atoms with Gasteiger partial charge in [-0.2, -0.15) is 0 Å². The number of ether oxygens (including phenoxy) is 1. The standard InChI is InChI=1S/C7H5Br3O2/c1-12-7-4(11)2-3(8)5(9)6(7)10/h2,11H,1H3. The molecular formula is C7H5Br3O2. The van der Waals surface area contributed by atoms with Gasteiger partial charge in [-0.15, -0.1) is 0 Å². The highest BCUT2D eigenvalue weighted by Crippen LogP contribution is 2.43. The van der Waals surface area contributed by atoms with E-state index in [0.29, 0.717) is 10.2 Å². The molecule has 0 atom stereocenters. The zero-order valence-electron chi connectivity index (χ0n) is 6.07. The lowest BCUT2D eigenvalue weighted by molar-refractivity contribution is 0.370. The maximum atomic E-state index is 9.39. The summed E-state index contributed by atoms with van der Waals surface area (Å²) in [5.74, 6) is 0.518. The van der Waals surface area contributed by atoms with Gasteiger partial charge >= 0.3 is 0 Å². The third-order valence-electron chi connectivity index (χ3n) is 1.30. The Kier molecular flexibility index (Phi) is 3.43. The second-order valence-corrected chi connectivity index (χ2v) is 4.48. The molecule has 12 heavy (non-hydrogen) atoms. The molecule has 1 aromatic rings. The highest BCUT2D eigenvalue weighted by molar-refractivity contribution is 9.14. The number of phenols is 1. The molecule has 0 heterocycles. The molecule has 0 aliphatic rings. The predicted octanol–water partition coefficient (Wildman–Crippen LogP) is 3.69. The molecule has 0 aromatic heterocycles. The van der Waals surface area contributed by atoms with Gasteiger partial charge < -0.3 is 9.84 Å². The summed E-state index contributed by atoms with van der Waals surface area (Å²) < 4.78 is 7.24. The lowest BCUT2D eigenvalue weighted by Gasteiger charge is -2.08. The first-order valence-electron chi connectivity index (χ1n) is 2.98. The fourth-order valence-corrected chi connectivity index (χ4v) is 2.31. The van der Waals surface area contributed by atoms with Gasteiger partial charge in [-0.3, -0.25) is 0 Å². The van der Waals surface area contributed by atoms with Gasteiger partial charge in [-0.05, 0) is 53.9 Å². The lowest BCUT2D eigenvalue weighted by atomic mass is 10.3. The molecule has 0 radical (unpaired) electrons. The molecule has 1 rings (SSSR count). The van der Waals surface area contributed by atoms with Gasteiger partial charge in [0.15, 0.2) is 11.5 Å². The Morgan fingerprint density at radius 2 is 1.83 bits per heavy atom. The fraction of sp³-hybridized carbons (Fsp3) is 0.143. The van der Waals surface area contributed by atoms with Gasteiger partial charge in [0.25, 0.3) is 0 Å². The molecule has 0 aliphatic carbocycles. The average molecular weight is 361 g/mol. The van der Waals surface area contributed by atoms with Crippen LogP contribution < -0.4 is 4.74 Å². The van der Waals surface area contributed by atoms with Crippen molar-refractivity contribution in [3.8, 4) is 11.5 Å². The van der Waals surface area contributed by atoms with E-state index >= 15 is 0 Å². The number of rotatable bonds is 1. The van der Waals surface area contributed by atoms with Crippen molar-refractivity contribution < 1.29 is 9.84 Å². The number of halogens is 3. The van der Waals surface area contributed by atoms with Crippen molar-refractivity contribution in [3.05, 3.63) is 19.5 Å². The van der Waals surface area contributed by atoms with Crippen molar-refractivity contribution in [2.24, 2.45) is 0 Å². The van der Waals surface area contributed by atoms with Gasteiger partial charge in [0.05, 0.1) is 11.6 Å². The van der Waals surface area contributed by atoms with Gasteiger partial charge in [-0.1, -0.05) is 0 Å². The number of methoxy groups -OCH3 is 1. The molecule has 1 aromatic carbocycles. The Morgan fingerprint density at radius 3 is 2.33 bits per heavy atom. The van der Waals surface area contributed by atoms with Crippen LogP contribution in [0.5, 0.6) is 11.5 Å². The number of hydrogen-bond donors (Lipinski definition) is 1. The molecule has 0 fully saturated rings. The van der Waals surface area contributed by atoms with Crippen molar-refractivity contribution in [3.63, 3.8) is 0 Å². The van der Waals surface area contributed by atoms with Gasteiger partial charge in [-0.25, -0.2) is 0 Å². The summed E-state index contributed by atoms with van der Waals surface area (Å²) in [6, 6.07) is 1.56. The van der Waals surface area contributed by atoms with E-state index in [1.165, 1.54) is 7.11 Å². The minimum Gasteiger partial charge on any atom is -0.504 e. The zero-order chi connectivity index (χ0) is 9.30. The third kappa shape index (κ3) is 1.78. The molecule has 0 spiro atoms. The summed E-state index contributed by atoms with van der Waals surface area (Å²) in [5.41, 5.74) is 0. The molecule has 0 saturated heterocycles. The maximum absolute atomic E-state index is 9.39. The van der Waals surface area contributed by atoms with Crippen LogP contribution in [0.1, 0.15) is 0 Å². The van der Waals surface area contributed by atoms with E-state index in [9.17, 15) is 5.11 Å². The predicted molar refractivity (Wildman–Crippen MR) is 57.8 cm³/mol. The van der Waals surface area contributed by atoms with Crippen LogP contribution in [0.2, 0.25) is 0 Å². The molecule has 5 heteroatoms. The van der Waals surface area contributed by atoms with Gasteiger partial charge in [0.2, 0.25) is 0 Å². The smallest absolute Gasteiger partial charge is 0.175 e. The highest BCUT2D eigenvalue weighted by atomic mass is 79.9. The highest BCUT2D eigenvalue weighted by Gasteiger charge is 2.12. The fourth-order valence-electron chi connectivity index (χ4n) is 0.760. The van der Waals surface area contributed by atoms with Crippen molar-refractivity contribution in [2.75, 3.05) is 7.11 Å². The summed E-state index contributed by atoms with van der Waals surface area (Å²) in [4.78, 5) is 0. The molecule has 2 nitrogen and oxygen atoms in total. The first kappa shape index (κ1) is 10.3. The van der Waals surface area contributed by atoms with Crippen LogP contribution in [0.15, 0.2) is 19.5 Å². The Labute approximate surface area is 95.3 Å². The topological polar surface area (TPSA) is 29.5 Å². The van der Waals surface area contributed by atoms with E-state index in [4.69, 9.17) is 4.74 Å². The van der Waals surface area contributed by atoms with Gasteiger partial charge in [0.1, 0.15) is 0 Å². The van der Waals surface area contributed by atoms with Crippen molar-refractivity contribution in [2.45, 2.75) is 0 Å².